The van der Waals surface area contributed by atoms with Crippen LogP contribution in [0.3, 0.4) is 0 Å². The van der Waals surface area contributed by atoms with Crippen LogP contribution in [0.1, 0.15) is 25.5 Å². The van der Waals surface area contributed by atoms with Crippen LogP contribution < -0.4 is 4.74 Å². The van der Waals surface area contributed by atoms with Crippen molar-refractivity contribution in [3.8, 4) is 5.75 Å². The van der Waals surface area contributed by atoms with Gasteiger partial charge in [-0.15, -0.1) is 10.1 Å². The molecule has 1 aromatic rings. The van der Waals surface area contributed by atoms with E-state index in [-0.39, 0.29) is 19.1 Å². The first kappa shape index (κ1) is 18.3. The van der Waals surface area contributed by atoms with Crippen LogP contribution in [-0.2, 0) is 9.63 Å². The molecule has 2 unspecified atom stereocenters. The Morgan fingerprint density at radius 2 is 2.27 bits per heavy atom. The van der Waals surface area contributed by atoms with Gasteiger partial charge >= 0.3 is 0 Å². The molecule has 1 amide bonds. The molecule has 10 heteroatoms. The number of piperazine rings is 1. The maximum absolute atomic E-state index is 12.7. The molecule has 142 valence electrons. The number of nitrogens with zero attached hydrogens (tertiary/aromatic N) is 4. The molecule has 0 aromatic carbocycles. The van der Waals surface area contributed by atoms with Crippen LogP contribution in [0.15, 0.2) is 18.5 Å². The molecule has 3 heterocycles. The minimum Gasteiger partial charge on any atom is -0.485 e. The van der Waals surface area contributed by atoms with Crippen molar-refractivity contribution in [2.45, 2.75) is 31.6 Å². The first-order valence-corrected chi connectivity index (χ1v) is 8.40. The molecule has 1 aromatic heterocycles. The summed E-state index contributed by atoms with van der Waals surface area (Å²) in [6, 6.07) is 1.18. The van der Waals surface area contributed by atoms with Crippen LogP contribution in [0.2, 0.25) is 0 Å². The second-order valence-corrected chi connectivity index (χ2v) is 6.93. The predicted molar refractivity (Wildman–Crippen MR) is 88.8 cm³/mol. The van der Waals surface area contributed by atoms with Gasteiger partial charge in [0.15, 0.2) is 0 Å². The van der Waals surface area contributed by atoms with Crippen molar-refractivity contribution in [2.24, 2.45) is 0 Å². The number of carbonyl (C=O) groups excluding carboxylic acids is 1. The van der Waals surface area contributed by atoms with E-state index in [9.17, 15) is 20.0 Å². The Kier molecular flexibility index (Phi) is 4.97. The first-order chi connectivity index (χ1) is 12.3. The van der Waals surface area contributed by atoms with Crippen molar-refractivity contribution < 1.29 is 24.6 Å². The summed E-state index contributed by atoms with van der Waals surface area (Å²) in [5, 5.41) is 20.2. The van der Waals surface area contributed by atoms with Crippen molar-refractivity contribution in [1.82, 2.24) is 14.8 Å². The third kappa shape index (κ3) is 3.56. The number of rotatable bonds is 5. The molecule has 26 heavy (non-hydrogen) atoms. The van der Waals surface area contributed by atoms with Gasteiger partial charge in [0, 0.05) is 37.6 Å². The number of aliphatic hydroxyl groups excluding tert-OH is 1. The van der Waals surface area contributed by atoms with Crippen molar-refractivity contribution >= 4 is 5.91 Å². The highest BCUT2D eigenvalue weighted by Crippen LogP contribution is 2.42. The fourth-order valence-electron chi connectivity index (χ4n) is 3.41. The number of fused-ring (bicyclic) bond motifs is 1. The summed E-state index contributed by atoms with van der Waals surface area (Å²) in [5.41, 5.74) is -0.173. The molecule has 0 bridgehead atoms. The van der Waals surface area contributed by atoms with E-state index in [0.29, 0.717) is 30.9 Å². The Bertz CT molecular complexity index is 697. The van der Waals surface area contributed by atoms with Crippen molar-refractivity contribution in [2.75, 3.05) is 32.8 Å². The lowest BCUT2D eigenvalue weighted by Gasteiger charge is -2.48. The number of carbonyl (C=O) groups is 1. The Balaban J connectivity index is 1.75. The van der Waals surface area contributed by atoms with E-state index in [0.717, 1.165) is 0 Å². The lowest BCUT2D eigenvalue weighted by Crippen LogP contribution is -2.59. The summed E-state index contributed by atoms with van der Waals surface area (Å²) < 4.78 is 5.87. The fourth-order valence-corrected chi connectivity index (χ4v) is 3.41. The second-order valence-electron chi connectivity index (χ2n) is 6.93. The average molecular weight is 366 g/mol. The van der Waals surface area contributed by atoms with Crippen molar-refractivity contribution in [3.63, 3.8) is 0 Å². The lowest BCUT2D eigenvalue weighted by atomic mass is 9.86. The molecule has 10 nitrogen and oxygen atoms in total. The third-order valence-corrected chi connectivity index (χ3v) is 4.79. The zero-order valence-corrected chi connectivity index (χ0v) is 14.7. The van der Waals surface area contributed by atoms with Gasteiger partial charge in [0.25, 0.3) is 5.09 Å². The second kappa shape index (κ2) is 7.04. The number of aliphatic hydroxyl groups is 1. The highest BCUT2D eigenvalue weighted by molar-refractivity contribution is 5.80. The van der Waals surface area contributed by atoms with Gasteiger partial charge in [-0.2, -0.15) is 0 Å². The van der Waals surface area contributed by atoms with Gasteiger partial charge in [-0.25, -0.2) is 0 Å². The molecular weight excluding hydrogens is 344 g/mol. The Morgan fingerprint density at radius 1 is 1.50 bits per heavy atom. The topological polar surface area (TPSA) is 118 Å². The van der Waals surface area contributed by atoms with Gasteiger partial charge in [0.2, 0.25) is 5.91 Å². The van der Waals surface area contributed by atoms with E-state index in [1.165, 1.54) is 0 Å². The summed E-state index contributed by atoms with van der Waals surface area (Å²) in [6.07, 6.45) is 2.31. The molecule has 1 N–H and O–H groups in total. The molecule has 0 spiro atoms. The monoisotopic (exact) mass is 366 g/mol. The van der Waals surface area contributed by atoms with E-state index in [1.807, 2.05) is 0 Å². The smallest absolute Gasteiger partial charge is 0.294 e. The van der Waals surface area contributed by atoms with E-state index in [4.69, 9.17) is 4.74 Å². The quantitative estimate of drug-likeness (QED) is 0.572. The maximum atomic E-state index is 12.7. The molecule has 0 radical (unpaired) electrons. The van der Waals surface area contributed by atoms with E-state index < -0.39 is 22.8 Å². The van der Waals surface area contributed by atoms with Crippen molar-refractivity contribution in [3.05, 3.63) is 34.1 Å². The standard InChI is InChI=1S/C16H22N4O6/c1-16(2)15(22)14(11-9-17-4-3-12(11)26-16)19-6-5-18(10-13(19)21)7-8-25-20(23)24/h3-4,9,14-15,22H,5-8,10H2,1-2H3. The maximum Gasteiger partial charge on any atom is 0.294 e. The average Bonchev–Trinajstić information content (AvgIpc) is 2.56. The number of hydrogen-bond acceptors (Lipinski definition) is 8. The first-order valence-electron chi connectivity index (χ1n) is 8.40. The van der Waals surface area contributed by atoms with Crippen LogP contribution >= 0.6 is 0 Å². The zero-order chi connectivity index (χ0) is 18.9. The van der Waals surface area contributed by atoms with E-state index in [2.05, 4.69) is 9.82 Å². The minimum absolute atomic E-state index is 0.0834. The Labute approximate surface area is 150 Å². The van der Waals surface area contributed by atoms with E-state index >= 15 is 0 Å². The Morgan fingerprint density at radius 3 is 2.96 bits per heavy atom. The van der Waals surface area contributed by atoms with Crippen LogP contribution in [0.25, 0.3) is 0 Å². The molecule has 2 atom stereocenters. The van der Waals surface area contributed by atoms with Gasteiger partial charge in [-0.05, 0) is 19.9 Å². The number of pyridine rings is 1. The SMILES string of the molecule is CC1(C)Oc2ccncc2C(N2CCN(CCO[N+](=O)[O-])CC2=O)C1O. The van der Waals surface area contributed by atoms with E-state index in [1.54, 1.807) is 42.1 Å². The molecule has 0 saturated carbocycles. The molecule has 3 rings (SSSR count). The van der Waals surface area contributed by atoms with Gasteiger partial charge in [-0.3, -0.25) is 14.7 Å². The number of aromatic nitrogens is 1. The predicted octanol–water partition coefficient (Wildman–Crippen LogP) is 0.00710. The van der Waals surface area contributed by atoms with Gasteiger partial charge in [0.05, 0.1) is 12.6 Å². The summed E-state index contributed by atoms with van der Waals surface area (Å²) >= 11 is 0. The highest BCUT2D eigenvalue weighted by atomic mass is 16.9. The minimum atomic E-state index is -0.910. The summed E-state index contributed by atoms with van der Waals surface area (Å²) in [4.78, 5) is 34.8. The van der Waals surface area contributed by atoms with Gasteiger partial charge < -0.3 is 19.6 Å². The van der Waals surface area contributed by atoms with Gasteiger partial charge in [-0.1, -0.05) is 0 Å². The molecular formula is C16H22N4O6. The zero-order valence-electron chi connectivity index (χ0n) is 14.7. The summed E-state index contributed by atoms with van der Waals surface area (Å²) in [5.74, 6) is 0.448. The third-order valence-electron chi connectivity index (χ3n) is 4.79. The van der Waals surface area contributed by atoms with Gasteiger partial charge in [0.1, 0.15) is 24.1 Å². The van der Waals surface area contributed by atoms with Crippen LogP contribution in [-0.4, -0.2) is 75.4 Å². The van der Waals surface area contributed by atoms with Crippen LogP contribution in [0.4, 0.5) is 0 Å². The molecule has 1 fully saturated rings. The molecule has 2 aliphatic rings. The summed E-state index contributed by atoms with van der Waals surface area (Å²) in [7, 11) is 0. The van der Waals surface area contributed by atoms with Crippen LogP contribution in [0.5, 0.6) is 5.75 Å². The molecule has 0 aliphatic carbocycles. The number of ether oxygens (including phenoxy) is 1. The largest absolute Gasteiger partial charge is 0.485 e. The lowest BCUT2D eigenvalue weighted by molar-refractivity contribution is -0.757. The fraction of sp³-hybridized carbons (Fsp3) is 0.625. The Hall–Kier alpha value is -2.46. The number of hydrogen-bond donors (Lipinski definition) is 1. The highest BCUT2D eigenvalue weighted by Gasteiger charge is 2.47. The summed E-state index contributed by atoms with van der Waals surface area (Å²) in [6.45, 7) is 4.81. The molecule has 2 aliphatic heterocycles. The van der Waals surface area contributed by atoms with Crippen molar-refractivity contribution in [1.29, 1.82) is 0 Å². The van der Waals surface area contributed by atoms with Crippen LogP contribution in [0, 0.1) is 10.1 Å². The number of amides is 1. The molecule has 1 saturated heterocycles. The normalized spacial score (nSPS) is 25.3.